The van der Waals surface area contributed by atoms with Gasteiger partial charge in [-0.25, -0.2) is 4.79 Å². The molecule has 274 valence electrons. The van der Waals surface area contributed by atoms with E-state index in [-0.39, 0.29) is 29.7 Å². The number of piperidine rings is 1. The zero-order valence-corrected chi connectivity index (χ0v) is 31.9. The summed E-state index contributed by atoms with van der Waals surface area (Å²) >= 11 is 0. The van der Waals surface area contributed by atoms with Gasteiger partial charge in [0.2, 0.25) is 0 Å². The Morgan fingerprint density at radius 3 is 2.20 bits per heavy atom. The molecule has 1 amide bonds. The third kappa shape index (κ3) is 7.31. The zero-order valence-electron chi connectivity index (χ0n) is 31.9. The Balaban J connectivity index is 1.40. The van der Waals surface area contributed by atoms with Crippen LogP contribution in [0.1, 0.15) is 91.2 Å². The number of imidazole rings is 1. The Hall–Kier alpha value is -4.15. The second kappa shape index (κ2) is 15.2. The maximum atomic E-state index is 14.1. The second-order valence-electron chi connectivity index (χ2n) is 15.1. The minimum Gasteiger partial charge on any atom is -0.369 e. The molecule has 2 fully saturated rings. The molecule has 0 atom stereocenters. The lowest BCUT2D eigenvalue weighted by Gasteiger charge is -2.41. The lowest BCUT2D eigenvalue weighted by molar-refractivity contribution is 0.0950. The maximum absolute atomic E-state index is 14.1. The number of fused-ring (bicyclic) bond motifs is 1. The van der Waals surface area contributed by atoms with E-state index >= 15 is 0 Å². The summed E-state index contributed by atoms with van der Waals surface area (Å²) in [5, 5.41) is 3.08. The van der Waals surface area contributed by atoms with Crippen LogP contribution in [0.4, 0.5) is 5.69 Å². The molecule has 1 aliphatic carbocycles. The molecule has 2 aromatic carbocycles. The number of pyridine rings is 1. The number of anilines is 1. The number of aromatic amines is 1. The topological polar surface area (TPSA) is 98.6 Å². The van der Waals surface area contributed by atoms with E-state index in [9.17, 15) is 14.4 Å². The summed E-state index contributed by atoms with van der Waals surface area (Å²) in [6.07, 6.45) is 6.41. The number of hydrogen-bond acceptors (Lipinski definition) is 6. The van der Waals surface area contributed by atoms with E-state index in [0.717, 1.165) is 109 Å². The van der Waals surface area contributed by atoms with Crippen LogP contribution in [0.25, 0.3) is 22.2 Å². The predicted molar refractivity (Wildman–Crippen MR) is 208 cm³/mol. The second-order valence-corrected chi connectivity index (χ2v) is 15.1. The first-order valence-corrected chi connectivity index (χ1v) is 18.9. The summed E-state index contributed by atoms with van der Waals surface area (Å²) < 4.78 is 3.76. The largest absolute Gasteiger partial charge is 0.369 e. The van der Waals surface area contributed by atoms with Gasteiger partial charge in [0.25, 0.3) is 11.5 Å². The predicted octanol–water partition coefficient (Wildman–Crippen LogP) is 5.91. The molecule has 51 heavy (non-hydrogen) atoms. The maximum Gasteiger partial charge on any atom is 0.329 e. The standard InChI is InChI=1S/C41H57N7O3/c1-9-45(7)31-12-14-32(15-13-31)47(10-2)37-24-30(22-34(28(37)5)39(49)42-25-35-26(3)21-27(4)43-40(35)50)29-11-16-36-38(23-29)46(8)41(51)48(36)33-17-19-44(6)20-18-33/h11,16,21-24,31-33H,9-10,12-15,17-20,25H2,1-8H3,(H,42,49)(H,43,50). The number of hydrogen-bond donors (Lipinski definition) is 2. The highest BCUT2D eigenvalue weighted by atomic mass is 16.2. The molecule has 10 nitrogen and oxygen atoms in total. The Morgan fingerprint density at radius 1 is 0.863 bits per heavy atom. The summed E-state index contributed by atoms with van der Waals surface area (Å²) in [6.45, 7) is 14.2. The number of benzene rings is 2. The Kier molecular flexibility index (Phi) is 10.9. The van der Waals surface area contributed by atoms with Gasteiger partial charge in [-0.05, 0) is 153 Å². The number of aromatic nitrogens is 3. The molecule has 1 saturated carbocycles. The van der Waals surface area contributed by atoms with Crippen LogP contribution in [0.5, 0.6) is 0 Å². The molecular weight excluding hydrogens is 638 g/mol. The van der Waals surface area contributed by atoms with Gasteiger partial charge in [0, 0.05) is 60.8 Å². The van der Waals surface area contributed by atoms with E-state index < -0.39 is 0 Å². The van der Waals surface area contributed by atoms with Crippen molar-refractivity contribution in [3.05, 3.63) is 85.2 Å². The van der Waals surface area contributed by atoms with Gasteiger partial charge in [0.1, 0.15) is 0 Å². The van der Waals surface area contributed by atoms with Crippen molar-refractivity contribution in [1.29, 1.82) is 0 Å². The van der Waals surface area contributed by atoms with Crippen LogP contribution in [-0.2, 0) is 13.6 Å². The summed E-state index contributed by atoms with van der Waals surface area (Å²) in [7, 11) is 6.22. The molecule has 1 aliphatic heterocycles. The molecule has 0 bridgehead atoms. The molecule has 0 radical (unpaired) electrons. The number of H-pyrrole nitrogens is 1. The van der Waals surface area contributed by atoms with Crippen molar-refractivity contribution < 1.29 is 4.79 Å². The SMILES string of the molecule is CCN(C)C1CCC(N(CC)c2cc(-c3ccc4c(c3)n(C)c(=O)n4C3CCN(C)CC3)cc(C(=O)NCc3c(C)cc(C)[nH]c3=O)c2C)CC1. The number of aryl methyl sites for hydroxylation is 3. The van der Waals surface area contributed by atoms with E-state index in [4.69, 9.17) is 0 Å². The number of carbonyl (C=O) groups is 1. The average molecular weight is 696 g/mol. The number of nitrogens with one attached hydrogen (secondary N) is 2. The average Bonchev–Trinajstić information content (AvgIpc) is 3.37. The highest BCUT2D eigenvalue weighted by Crippen LogP contribution is 2.37. The molecule has 3 heterocycles. The van der Waals surface area contributed by atoms with Crippen LogP contribution in [-0.4, -0.2) is 82.2 Å². The highest BCUT2D eigenvalue weighted by molar-refractivity contribution is 5.99. The van der Waals surface area contributed by atoms with E-state index in [1.54, 1.807) is 4.57 Å². The van der Waals surface area contributed by atoms with Crippen molar-refractivity contribution in [2.45, 2.75) is 97.8 Å². The first-order valence-electron chi connectivity index (χ1n) is 18.9. The fourth-order valence-electron chi connectivity index (χ4n) is 8.61. The van der Waals surface area contributed by atoms with Gasteiger partial charge >= 0.3 is 5.69 Å². The fraction of sp³-hybridized carbons (Fsp3) is 0.537. The van der Waals surface area contributed by atoms with E-state index in [0.29, 0.717) is 23.2 Å². The minimum atomic E-state index is -0.207. The van der Waals surface area contributed by atoms with Gasteiger partial charge in [-0.3, -0.25) is 18.7 Å². The van der Waals surface area contributed by atoms with Crippen LogP contribution < -0.4 is 21.5 Å². The van der Waals surface area contributed by atoms with Crippen molar-refractivity contribution in [3.63, 3.8) is 0 Å². The van der Waals surface area contributed by atoms with Crippen molar-refractivity contribution in [3.8, 4) is 11.1 Å². The molecule has 1 saturated heterocycles. The quantitative estimate of drug-likeness (QED) is 0.214. The monoisotopic (exact) mass is 695 g/mol. The van der Waals surface area contributed by atoms with Crippen LogP contribution >= 0.6 is 0 Å². The Bertz CT molecular complexity index is 2010. The third-order valence-electron chi connectivity index (χ3n) is 11.9. The highest BCUT2D eigenvalue weighted by Gasteiger charge is 2.29. The van der Waals surface area contributed by atoms with Crippen LogP contribution in [0.3, 0.4) is 0 Å². The van der Waals surface area contributed by atoms with Gasteiger partial charge in [-0.15, -0.1) is 0 Å². The van der Waals surface area contributed by atoms with Crippen LogP contribution in [0, 0.1) is 20.8 Å². The molecule has 10 heteroatoms. The molecule has 2 aliphatic rings. The lowest BCUT2D eigenvalue weighted by atomic mass is 9.88. The van der Waals surface area contributed by atoms with Crippen molar-refractivity contribution in [2.24, 2.45) is 7.05 Å². The Morgan fingerprint density at radius 2 is 1.55 bits per heavy atom. The smallest absolute Gasteiger partial charge is 0.329 e. The van der Waals surface area contributed by atoms with Crippen molar-refractivity contribution >= 4 is 22.6 Å². The van der Waals surface area contributed by atoms with Gasteiger partial charge < -0.3 is 25.0 Å². The summed E-state index contributed by atoms with van der Waals surface area (Å²) in [5.41, 5.74) is 8.40. The molecule has 6 rings (SSSR count). The van der Waals surface area contributed by atoms with Gasteiger partial charge in [-0.2, -0.15) is 0 Å². The number of amides is 1. The summed E-state index contributed by atoms with van der Waals surface area (Å²) in [4.78, 5) is 50.7. The van der Waals surface area contributed by atoms with E-state index in [1.807, 2.05) is 44.5 Å². The zero-order chi connectivity index (χ0) is 36.6. The van der Waals surface area contributed by atoms with Gasteiger partial charge in [0.15, 0.2) is 0 Å². The lowest BCUT2D eigenvalue weighted by Crippen LogP contribution is -2.43. The van der Waals surface area contributed by atoms with Crippen LogP contribution in [0.2, 0.25) is 0 Å². The van der Waals surface area contributed by atoms with Crippen molar-refractivity contribution in [2.75, 3.05) is 45.2 Å². The van der Waals surface area contributed by atoms with E-state index in [2.05, 4.69) is 77.2 Å². The van der Waals surface area contributed by atoms with Crippen molar-refractivity contribution in [1.82, 2.24) is 29.2 Å². The van der Waals surface area contributed by atoms with E-state index in [1.165, 1.54) is 0 Å². The summed E-state index contributed by atoms with van der Waals surface area (Å²) in [6, 6.07) is 13.6. The number of carbonyl (C=O) groups excluding carboxylic acids is 1. The third-order valence-corrected chi connectivity index (χ3v) is 11.9. The molecule has 0 spiro atoms. The first-order chi connectivity index (χ1) is 24.4. The van der Waals surface area contributed by atoms with Crippen LogP contribution in [0.15, 0.2) is 46.0 Å². The van der Waals surface area contributed by atoms with Gasteiger partial charge in [0.05, 0.1) is 11.0 Å². The number of likely N-dealkylation sites (tertiary alicyclic amines) is 1. The normalized spacial score (nSPS) is 18.8. The molecule has 2 aromatic heterocycles. The molecule has 2 N–H and O–H groups in total. The summed E-state index contributed by atoms with van der Waals surface area (Å²) in [5.74, 6) is -0.207. The number of rotatable bonds is 10. The molecular formula is C41H57N7O3. The minimum absolute atomic E-state index is 0.0178. The van der Waals surface area contributed by atoms with Gasteiger partial charge in [-0.1, -0.05) is 13.0 Å². The molecule has 0 unspecified atom stereocenters. The fourth-order valence-corrected chi connectivity index (χ4v) is 8.61. The first kappa shape index (κ1) is 36.6. The Labute approximate surface area is 302 Å². The number of nitrogens with zero attached hydrogens (tertiary/aromatic N) is 5. The molecule has 4 aromatic rings.